The summed E-state index contributed by atoms with van der Waals surface area (Å²) in [5.74, 6) is 0.636. The molecule has 2 aromatic carbocycles. The molecule has 0 spiro atoms. The number of fused-ring (bicyclic) bond motifs is 3. The molecule has 3 rings (SSSR count). The Labute approximate surface area is 111 Å². The highest BCUT2D eigenvalue weighted by Crippen LogP contribution is 2.54. The zero-order chi connectivity index (χ0) is 13.3. The van der Waals surface area contributed by atoms with Crippen molar-refractivity contribution in [3.8, 4) is 16.9 Å². The van der Waals surface area contributed by atoms with E-state index in [0.29, 0.717) is 11.1 Å². The van der Waals surface area contributed by atoms with Gasteiger partial charge < -0.3 is 10.3 Å². The van der Waals surface area contributed by atoms with E-state index in [9.17, 15) is 4.57 Å². The molecule has 1 unspecified atom stereocenters. The maximum Gasteiger partial charge on any atom is 0.298 e. The molecule has 2 aromatic rings. The van der Waals surface area contributed by atoms with Gasteiger partial charge in [-0.3, -0.25) is 9.56 Å². The standard InChI is InChI=1S/C14H13N2O2P/c15-9-16-10-19(17)14-8-4-2-6-12(14)11-5-1-3-7-13(11)18-19/h1-9H,10H2,(H2,15,16). The summed E-state index contributed by atoms with van der Waals surface area (Å²) in [5.41, 5.74) is 7.15. The lowest BCUT2D eigenvalue weighted by atomic mass is 10.0. The van der Waals surface area contributed by atoms with Gasteiger partial charge in [0.1, 0.15) is 12.0 Å². The highest BCUT2D eigenvalue weighted by atomic mass is 31.2. The summed E-state index contributed by atoms with van der Waals surface area (Å²) in [4.78, 5) is 3.90. The molecule has 0 radical (unpaired) electrons. The van der Waals surface area contributed by atoms with Gasteiger partial charge in [0, 0.05) is 5.56 Å². The smallest absolute Gasteiger partial charge is 0.298 e. The minimum atomic E-state index is -3.03. The van der Waals surface area contributed by atoms with E-state index in [2.05, 4.69) is 4.99 Å². The summed E-state index contributed by atoms with van der Waals surface area (Å²) in [7, 11) is -3.03. The summed E-state index contributed by atoms with van der Waals surface area (Å²) in [6.07, 6.45) is 1.22. The zero-order valence-electron chi connectivity index (χ0n) is 10.2. The summed E-state index contributed by atoms with van der Waals surface area (Å²) >= 11 is 0. The average Bonchev–Trinajstić information content (AvgIpc) is 2.46. The molecule has 5 heteroatoms. The Bertz CT molecular complexity index is 697. The van der Waals surface area contributed by atoms with Gasteiger partial charge in [-0.1, -0.05) is 36.4 Å². The van der Waals surface area contributed by atoms with Crippen molar-refractivity contribution in [1.29, 1.82) is 0 Å². The predicted molar refractivity (Wildman–Crippen MR) is 77.3 cm³/mol. The quantitative estimate of drug-likeness (QED) is 0.519. The number of rotatable bonds is 2. The van der Waals surface area contributed by atoms with Gasteiger partial charge in [-0.25, -0.2) is 0 Å². The molecule has 2 N–H and O–H groups in total. The second kappa shape index (κ2) is 4.56. The van der Waals surface area contributed by atoms with E-state index in [4.69, 9.17) is 10.3 Å². The largest absolute Gasteiger partial charge is 0.438 e. The molecule has 0 bridgehead atoms. The lowest BCUT2D eigenvalue weighted by Crippen LogP contribution is -2.19. The molecule has 0 aliphatic carbocycles. The molecule has 0 aromatic heterocycles. The predicted octanol–water partition coefficient (Wildman–Crippen LogP) is 2.59. The van der Waals surface area contributed by atoms with E-state index in [-0.39, 0.29) is 6.29 Å². The highest BCUT2D eigenvalue weighted by molar-refractivity contribution is 7.67. The van der Waals surface area contributed by atoms with Crippen LogP contribution in [-0.2, 0) is 4.57 Å². The first kappa shape index (κ1) is 12.0. The number of nitrogens with two attached hydrogens (primary N) is 1. The van der Waals surface area contributed by atoms with E-state index in [1.165, 1.54) is 0 Å². The zero-order valence-corrected chi connectivity index (χ0v) is 11.1. The molecule has 96 valence electrons. The van der Waals surface area contributed by atoms with Gasteiger partial charge in [0.05, 0.1) is 11.6 Å². The van der Waals surface area contributed by atoms with Crippen molar-refractivity contribution in [2.75, 3.05) is 6.29 Å². The number of nitrogens with zero attached hydrogens (tertiary/aromatic N) is 1. The first-order valence-corrected chi connectivity index (χ1v) is 7.73. The van der Waals surface area contributed by atoms with Gasteiger partial charge in [-0.2, -0.15) is 0 Å². The molecule has 0 saturated carbocycles. The molecule has 1 heterocycles. The van der Waals surface area contributed by atoms with Crippen LogP contribution < -0.4 is 15.6 Å². The van der Waals surface area contributed by atoms with Crippen LogP contribution in [0.15, 0.2) is 53.5 Å². The Morgan fingerprint density at radius 1 is 1.11 bits per heavy atom. The second-order valence-electron chi connectivity index (χ2n) is 4.25. The Kier molecular flexibility index (Phi) is 2.88. The number of hydrogen-bond donors (Lipinski definition) is 1. The van der Waals surface area contributed by atoms with Gasteiger partial charge in [-0.05, 0) is 17.7 Å². The molecule has 1 aliphatic heterocycles. The molecule has 4 nitrogen and oxygen atoms in total. The molecular formula is C14H13N2O2P. The average molecular weight is 272 g/mol. The summed E-state index contributed by atoms with van der Waals surface area (Å²) in [6, 6.07) is 15.2. The third kappa shape index (κ3) is 1.94. The van der Waals surface area contributed by atoms with Crippen LogP contribution in [0.1, 0.15) is 0 Å². The van der Waals surface area contributed by atoms with Crippen LogP contribution in [0.25, 0.3) is 11.1 Å². The van der Waals surface area contributed by atoms with E-state index >= 15 is 0 Å². The first-order valence-electron chi connectivity index (χ1n) is 5.92. The van der Waals surface area contributed by atoms with E-state index in [1.807, 2.05) is 48.5 Å². The van der Waals surface area contributed by atoms with Crippen LogP contribution in [0.3, 0.4) is 0 Å². The minimum absolute atomic E-state index is 0.0643. The van der Waals surface area contributed by atoms with Crippen molar-refractivity contribution in [1.82, 2.24) is 0 Å². The minimum Gasteiger partial charge on any atom is -0.438 e. The van der Waals surface area contributed by atoms with Gasteiger partial charge in [-0.15, -0.1) is 0 Å². The highest BCUT2D eigenvalue weighted by Gasteiger charge is 2.35. The lowest BCUT2D eigenvalue weighted by Gasteiger charge is -2.27. The van der Waals surface area contributed by atoms with Crippen LogP contribution in [0.2, 0.25) is 0 Å². The second-order valence-corrected chi connectivity index (χ2v) is 6.55. The van der Waals surface area contributed by atoms with Crippen molar-refractivity contribution in [2.45, 2.75) is 0 Å². The molecule has 0 fully saturated rings. The SMILES string of the molecule is N/C=N/CP1(=O)Oc2ccccc2-c2ccccc21. The number of benzene rings is 2. The summed E-state index contributed by atoms with van der Waals surface area (Å²) in [5, 5.41) is 0.708. The normalized spacial score (nSPS) is 20.6. The van der Waals surface area contributed by atoms with Crippen molar-refractivity contribution >= 4 is 19.0 Å². The summed E-state index contributed by atoms with van der Waals surface area (Å²) < 4.78 is 18.7. The fraction of sp³-hybridized carbons (Fsp3) is 0.0714. The number of hydrogen-bond acceptors (Lipinski definition) is 3. The molecular weight excluding hydrogens is 259 g/mol. The van der Waals surface area contributed by atoms with Gasteiger partial charge in [0.25, 0.3) is 7.37 Å². The molecule has 0 saturated heterocycles. The van der Waals surface area contributed by atoms with Crippen molar-refractivity contribution in [2.24, 2.45) is 10.7 Å². The van der Waals surface area contributed by atoms with Crippen LogP contribution in [0, 0.1) is 0 Å². The van der Waals surface area contributed by atoms with Gasteiger partial charge in [0.15, 0.2) is 0 Å². The first-order chi connectivity index (χ1) is 9.24. The monoisotopic (exact) mass is 272 g/mol. The van der Waals surface area contributed by atoms with Crippen LogP contribution >= 0.6 is 7.37 Å². The third-order valence-corrected chi connectivity index (χ3v) is 5.22. The summed E-state index contributed by atoms with van der Waals surface area (Å²) in [6.45, 7) is 0. The fourth-order valence-corrected chi connectivity index (χ4v) is 4.20. The topological polar surface area (TPSA) is 64.7 Å². The molecule has 0 amide bonds. The lowest BCUT2D eigenvalue weighted by molar-refractivity contribution is 0.491. The Morgan fingerprint density at radius 3 is 2.58 bits per heavy atom. The molecule has 1 atom stereocenters. The third-order valence-electron chi connectivity index (χ3n) is 3.07. The maximum atomic E-state index is 13.0. The fourth-order valence-electron chi connectivity index (χ4n) is 2.23. The number of para-hydroxylation sites is 1. The van der Waals surface area contributed by atoms with E-state index < -0.39 is 7.37 Å². The van der Waals surface area contributed by atoms with Crippen LogP contribution in [-0.4, -0.2) is 12.6 Å². The van der Waals surface area contributed by atoms with Crippen LogP contribution in [0.4, 0.5) is 0 Å². The molecule has 19 heavy (non-hydrogen) atoms. The van der Waals surface area contributed by atoms with Gasteiger partial charge in [0.2, 0.25) is 0 Å². The Morgan fingerprint density at radius 2 is 1.79 bits per heavy atom. The number of aliphatic imine (C=N–C) groups is 1. The van der Waals surface area contributed by atoms with E-state index in [1.54, 1.807) is 0 Å². The van der Waals surface area contributed by atoms with Crippen molar-refractivity contribution in [3.63, 3.8) is 0 Å². The van der Waals surface area contributed by atoms with Crippen molar-refractivity contribution < 1.29 is 9.09 Å². The Hall–Kier alpha value is -2.06. The maximum absolute atomic E-state index is 13.0. The van der Waals surface area contributed by atoms with Gasteiger partial charge >= 0.3 is 0 Å². The van der Waals surface area contributed by atoms with E-state index in [0.717, 1.165) is 17.5 Å². The van der Waals surface area contributed by atoms with Crippen LogP contribution in [0.5, 0.6) is 5.75 Å². The molecule has 1 aliphatic rings. The van der Waals surface area contributed by atoms with Crippen molar-refractivity contribution in [3.05, 3.63) is 48.5 Å². The Balaban J connectivity index is 2.22.